The molecule has 0 saturated heterocycles. The topological polar surface area (TPSA) is 78.9 Å². The van der Waals surface area contributed by atoms with Gasteiger partial charge in [-0.25, -0.2) is 0 Å². The SMILES string of the molecule is CCCCCCCCCCCCCCCCC(=O)OC[C@H](COC(=O)CCCCCCCCCCCCC(C)C)OC(=O)CCCCCCCCCCCCC. The minimum atomic E-state index is -0.759. The molecule has 0 rings (SSSR count). The molecule has 0 saturated carbocycles. The Labute approximate surface area is 348 Å². The monoisotopic (exact) mass is 793 g/mol. The smallest absolute Gasteiger partial charge is 0.306 e. The number of ether oxygens (including phenoxy) is 3. The van der Waals surface area contributed by atoms with E-state index in [0.29, 0.717) is 19.3 Å². The van der Waals surface area contributed by atoms with Crippen LogP contribution in [0.3, 0.4) is 0 Å². The molecule has 0 aromatic carbocycles. The van der Waals surface area contributed by atoms with Crippen LogP contribution in [0.25, 0.3) is 0 Å². The van der Waals surface area contributed by atoms with Crippen LogP contribution in [-0.2, 0) is 28.6 Å². The number of hydrogen-bond acceptors (Lipinski definition) is 6. The molecule has 0 aliphatic carbocycles. The summed E-state index contributed by atoms with van der Waals surface area (Å²) in [6.07, 6.45) is 45.1. The first-order chi connectivity index (χ1) is 27.4. The van der Waals surface area contributed by atoms with Crippen LogP contribution >= 0.6 is 0 Å². The van der Waals surface area contributed by atoms with Crippen molar-refractivity contribution in [1.29, 1.82) is 0 Å². The Bertz CT molecular complexity index is 841. The summed E-state index contributed by atoms with van der Waals surface area (Å²) in [6.45, 7) is 9.00. The molecule has 1 atom stereocenters. The molecule has 332 valence electrons. The molecular formula is C50H96O6. The standard InChI is InChI=1S/C50H96O6/c1-5-7-9-11-13-15-17-18-19-21-25-29-33-37-41-48(51)54-44-47(56-50(53)43-39-35-31-27-20-16-14-12-10-8-6-2)45-55-49(52)42-38-34-30-26-23-22-24-28-32-36-40-46(3)4/h46-47H,5-45H2,1-4H3/t47-/m1/s1. The average Bonchev–Trinajstić information content (AvgIpc) is 3.18. The van der Waals surface area contributed by atoms with Gasteiger partial charge in [0.2, 0.25) is 0 Å². The first kappa shape index (κ1) is 54.4. The molecule has 0 amide bonds. The predicted molar refractivity (Wildman–Crippen MR) is 238 cm³/mol. The zero-order valence-corrected chi connectivity index (χ0v) is 38.1. The quantitative estimate of drug-likeness (QED) is 0.0347. The fourth-order valence-electron chi connectivity index (χ4n) is 7.51. The van der Waals surface area contributed by atoms with Gasteiger partial charge in [0.15, 0.2) is 6.10 Å². The van der Waals surface area contributed by atoms with Crippen molar-refractivity contribution < 1.29 is 28.6 Å². The molecule has 0 fully saturated rings. The van der Waals surface area contributed by atoms with E-state index in [1.807, 2.05) is 0 Å². The molecule has 56 heavy (non-hydrogen) atoms. The van der Waals surface area contributed by atoms with E-state index in [1.165, 1.54) is 173 Å². The molecule has 0 aliphatic heterocycles. The minimum absolute atomic E-state index is 0.0631. The summed E-state index contributed by atoms with van der Waals surface area (Å²) < 4.78 is 16.8. The third-order valence-electron chi connectivity index (χ3n) is 11.3. The second-order valence-electron chi connectivity index (χ2n) is 17.6. The summed E-state index contributed by atoms with van der Waals surface area (Å²) in [7, 11) is 0. The Morgan fingerprint density at radius 3 is 0.875 bits per heavy atom. The highest BCUT2D eigenvalue weighted by Gasteiger charge is 2.19. The van der Waals surface area contributed by atoms with Crippen LogP contribution in [0.4, 0.5) is 0 Å². The van der Waals surface area contributed by atoms with E-state index >= 15 is 0 Å². The van der Waals surface area contributed by atoms with E-state index in [2.05, 4.69) is 27.7 Å². The second kappa shape index (κ2) is 44.5. The van der Waals surface area contributed by atoms with Crippen molar-refractivity contribution in [2.24, 2.45) is 5.92 Å². The van der Waals surface area contributed by atoms with Gasteiger partial charge in [-0.3, -0.25) is 14.4 Å². The van der Waals surface area contributed by atoms with Gasteiger partial charge in [-0.2, -0.15) is 0 Å². The Hall–Kier alpha value is -1.59. The lowest BCUT2D eigenvalue weighted by molar-refractivity contribution is -0.167. The molecule has 0 aromatic heterocycles. The van der Waals surface area contributed by atoms with Crippen molar-refractivity contribution in [3.8, 4) is 0 Å². The van der Waals surface area contributed by atoms with Gasteiger partial charge in [0, 0.05) is 19.3 Å². The molecular weight excluding hydrogens is 697 g/mol. The van der Waals surface area contributed by atoms with Crippen molar-refractivity contribution >= 4 is 17.9 Å². The van der Waals surface area contributed by atoms with Gasteiger partial charge in [0.25, 0.3) is 0 Å². The van der Waals surface area contributed by atoms with Crippen LogP contribution in [0.1, 0.15) is 278 Å². The maximum absolute atomic E-state index is 12.7. The van der Waals surface area contributed by atoms with Crippen LogP contribution in [0.5, 0.6) is 0 Å². The average molecular weight is 793 g/mol. The number of rotatable bonds is 45. The highest BCUT2D eigenvalue weighted by atomic mass is 16.6. The first-order valence-electron chi connectivity index (χ1n) is 24.9. The Balaban J connectivity index is 4.30. The van der Waals surface area contributed by atoms with E-state index in [4.69, 9.17) is 14.2 Å². The first-order valence-corrected chi connectivity index (χ1v) is 24.9. The van der Waals surface area contributed by atoms with Crippen molar-refractivity contribution in [3.63, 3.8) is 0 Å². The van der Waals surface area contributed by atoms with Crippen LogP contribution in [0, 0.1) is 5.92 Å². The maximum Gasteiger partial charge on any atom is 0.306 e. The van der Waals surface area contributed by atoms with E-state index in [-0.39, 0.29) is 31.1 Å². The molecule has 0 aromatic rings. The Morgan fingerprint density at radius 2 is 0.589 bits per heavy atom. The van der Waals surface area contributed by atoms with E-state index in [0.717, 1.165) is 63.7 Å². The largest absolute Gasteiger partial charge is 0.462 e. The zero-order chi connectivity index (χ0) is 41.0. The molecule has 0 radical (unpaired) electrons. The molecule has 0 heterocycles. The Morgan fingerprint density at radius 1 is 0.339 bits per heavy atom. The highest BCUT2D eigenvalue weighted by molar-refractivity contribution is 5.71. The fraction of sp³-hybridized carbons (Fsp3) is 0.940. The molecule has 0 bridgehead atoms. The van der Waals surface area contributed by atoms with E-state index < -0.39 is 6.10 Å². The van der Waals surface area contributed by atoms with E-state index in [1.54, 1.807) is 0 Å². The lowest BCUT2D eigenvalue weighted by atomic mass is 10.0. The van der Waals surface area contributed by atoms with Gasteiger partial charge in [0.1, 0.15) is 13.2 Å². The summed E-state index contributed by atoms with van der Waals surface area (Å²) >= 11 is 0. The lowest BCUT2D eigenvalue weighted by Crippen LogP contribution is -2.30. The predicted octanol–water partition coefficient (Wildman–Crippen LogP) is 15.9. The summed E-state index contributed by atoms with van der Waals surface area (Å²) in [5, 5.41) is 0. The Kier molecular flexibility index (Phi) is 43.2. The zero-order valence-electron chi connectivity index (χ0n) is 38.1. The highest BCUT2D eigenvalue weighted by Crippen LogP contribution is 2.17. The van der Waals surface area contributed by atoms with Gasteiger partial charge in [-0.05, 0) is 25.2 Å². The lowest BCUT2D eigenvalue weighted by Gasteiger charge is -2.18. The third-order valence-corrected chi connectivity index (χ3v) is 11.3. The summed E-state index contributed by atoms with van der Waals surface area (Å²) in [5.41, 5.74) is 0. The number of hydrogen-bond donors (Lipinski definition) is 0. The maximum atomic E-state index is 12.7. The number of carbonyl (C=O) groups is 3. The van der Waals surface area contributed by atoms with Gasteiger partial charge < -0.3 is 14.2 Å². The number of carbonyl (C=O) groups excluding carboxylic acids is 3. The number of esters is 3. The van der Waals surface area contributed by atoms with Gasteiger partial charge >= 0.3 is 17.9 Å². The van der Waals surface area contributed by atoms with Crippen molar-refractivity contribution in [3.05, 3.63) is 0 Å². The molecule has 0 N–H and O–H groups in total. The van der Waals surface area contributed by atoms with Gasteiger partial charge in [-0.15, -0.1) is 0 Å². The molecule has 0 aliphatic rings. The molecule has 6 heteroatoms. The van der Waals surface area contributed by atoms with Crippen LogP contribution < -0.4 is 0 Å². The van der Waals surface area contributed by atoms with Crippen molar-refractivity contribution in [2.45, 2.75) is 284 Å². The van der Waals surface area contributed by atoms with Gasteiger partial charge in [0.05, 0.1) is 0 Å². The van der Waals surface area contributed by atoms with Crippen LogP contribution in [0.2, 0.25) is 0 Å². The summed E-state index contributed by atoms with van der Waals surface area (Å²) in [5.74, 6) is -0.0295. The minimum Gasteiger partial charge on any atom is -0.462 e. The third kappa shape index (κ3) is 43.5. The van der Waals surface area contributed by atoms with Crippen LogP contribution in [-0.4, -0.2) is 37.2 Å². The van der Waals surface area contributed by atoms with Crippen molar-refractivity contribution in [1.82, 2.24) is 0 Å². The van der Waals surface area contributed by atoms with Crippen molar-refractivity contribution in [2.75, 3.05) is 13.2 Å². The molecule has 0 unspecified atom stereocenters. The van der Waals surface area contributed by atoms with E-state index in [9.17, 15) is 14.4 Å². The molecule has 6 nitrogen and oxygen atoms in total. The molecule has 0 spiro atoms. The summed E-state index contributed by atoms with van der Waals surface area (Å²) in [6, 6.07) is 0. The van der Waals surface area contributed by atoms with Crippen LogP contribution in [0.15, 0.2) is 0 Å². The normalized spacial score (nSPS) is 11.9. The number of unbranched alkanes of at least 4 members (excludes halogenated alkanes) is 32. The second-order valence-corrected chi connectivity index (χ2v) is 17.6. The van der Waals surface area contributed by atoms with Gasteiger partial charge in [-0.1, -0.05) is 240 Å². The fourth-order valence-corrected chi connectivity index (χ4v) is 7.51. The summed E-state index contributed by atoms with van der Waals surface area (Å²) in [4.78, 5) is 37.8.